The van der Waals surface area contributed by atoms with Gasteiger partial charge in [0.15, 0.2) is 11.5 Å². The number of nitrogens with zero attached hydrogens (tertiary/aromatic N) is 1. The molecule has 0 bridgehead atoms. The largest absolute Gasteiger partial charge is 0.493 e. The van der Waals surface area contributed by atoms with E-state index in [1.54, 1.807) is 14.2 Å². The molecule has 0 aromatic heterocycles. The summed E-state index contributed by atoms with van der Waals surface area (Å²) in [6, 6.07) is 15.2. The highest BCUT2D eigenvalue weighted by Gasteiger charge is 2.20. The van der Waals surface area contributed by atoms with Crippen LogP contribution in [0.4, 0.5) is 0 Å². The van der Waals surface area contributed by atoms with Gasteiger partial charge in [-0.2, -0.15) is 0 Å². The molecule has 1 aliphatic heterocycles. The molecule has 1 heterocycles. The maximum atomic E-state index is 6.15. The third kappa shape index (κ3) is 5.79. The molecular weight excluding hydrogens is 374 g/mol. The van der Waals surface area contributed by atoms with Gasteiger partial charge < -0.3 is 19.1 Å². The van der Waals surface area contributed by atoms with Crippen molar-refractivity contribution in [2.75, 3.05) is 34.4 Å². The van der Waals surface area contributed by atoms with Crippen LogP contribution in [-0.4, -0.2) is 45.4 Å². The van der Waals surface area contributed by atoms with Crippen LogP contribution in [0.3, 0.4) is 0 Å². The molecule has 0 amide bonds. The molecule has 1 aliphatic rings. The maximum absolute atomic E-state index is 6.15. The summed E-state index contributed by atoms with van der Waals surface area (Å²) in [5.41, 5.74) is 2.49. The minimum absolute atomic E-state index is 0. The Labute approximate surface area is 175 Å². The lowest BCUT2D eigenvalue weighted by Gasteiger charge is -2.20. The van der Waals surface area contributed by atoms with E-state index in [-0.39, 0.29) is 12.4 Å². The Morgan fingerprint density at radius 2 is 1.75 bits per heavy atom. The van der Waals surface area contributed by atoms with Crippen molar-refractivity contribution in [1.82, 2.24) is 4.90 Å². The van der Waals surface area contributed by atoms with E-state index in [9.17, 15) is 0 Å². The minimum Gasteiger partial charge on any atom is -0.493 e. The van der Waals surface area contributed by atoms with Gasteiger partial charge in [-0.15, -0.1) is 12.4 Å². The average molecular weight is 406 g/mol. The van der Waals surface area contributed by atoms with Crippen molar-refractivity contribution in [3.8, 4) is 17.2 Å². The van der Waals surface area contributed by atoms with Crippen LogP contribution in [0.5, 0.6) is 17.2 Å². The number of ether oxygens (including phenoxy) is 3. The zero-order valence-electron chi connectivity index (χ0n) is 17.1. The molecule has 1 saturated heterocycles. The normalized spacial score (nSPS) is 16.5. The van der Waals surface area contributed by atoms with E-state index in [0.717, 1.165) is 43.1 Å². The summed E-state index contributed by atoms with van der Waals surface area (Å²) in [7, 11) is 5.55. The molecule has 0 saturated carbocycles. The summed E-state index contributed by atoms with van der Waals surface area (Å²) >= 11 is 0. The van der Waals surface area contributed by atoms with Crippen molar-refractivity contribution in [2.45, 2.75) is 38.1 Å². The van der Waals surface area contributed by atoms with Crippen molar-refractivity contribution in [1.29, 1.82) is 0 Å². The van der Waals surface area contributed by atoms with Crippen LogP contribution >= 0.6 is 12.4 Å². The summed E-state index contributed by atoms with van der Waals surface area (Å²) in [6.07, 6.45) is 5.57. The smallest absolute Gasteiger partial charge is 0.160 e. The monoisotopic (exact) mass is 405 g/mol. The number of hydrogen-bond donors (Lipinski definition) is 0. The first kappa shape index (κ1) is 22.4. The van der Waals surface area contributed by atoms with Gasteiger partial charge in [0.25, 0.3) is 0 Å². The first-order valence-electron chi connectivity index (χ1n) is 9.83. The Kier molecular flexibility index (Phi) is 8.94. The molecule has 154 valence electrons. The lowest BCUT2D eigenvalue weighted by molar-refractivity contribution is 0.232. The topological polar surface area (TPSA) is 30.9 Å². The number of para-hydroxylation sites is 1. The van der Waals surface area contributed by atoms with Crippen molar-refractivity contribution in [2.24, 2.45) is 0 Å². The molecule has 3 rings (SSSR count). The molecule has 0 spiro atoms. The number of likely N-dealkylation sites (tertiary alicyclic amines) is 1. The third-order valence-corrected chi connectivity index (χ3v) is 5.48. The van der Waals surface area contributed by atoms with Gasteiger partial charge in [-0.1, -0.05) is 24.3 Å². The third-order valence-electron chi connectivity index (χ3n) is 5.48. The highest BCUT2D eigenvalue weighted by Crippen LogP contribution is 2.29. The van der Waals surface area contributed by atoms with Gasteiger partial charge in [0.05, 0.1) is 20.8 Å². The van der Waals surface area contributed by atoms with Crippen LogP contribution in [0.15, 0.2) is 42.5 Å². The highest BCUT2D eigenvalue weighted by molar-refractivity contribution is 5.85. The molecule has 5 heteroatoms. The van der Waals surface area contributed by atoms with Crippen molar-refractivity contribution < 1.29 is 14.2 Å². The second kappa shape index (κ2) is 11.2. The Bertz CT molecular complexity index is 738. The fourth-order valence-electron chi connectivity index (χ4n) is 3.82. The predicted molar refractivity (Wildman–Crippen MR) is 116 cm³/mol. The van der Waals surface area contributed by atoms with E-state index in [1.807, 2.05) is 6.07 Å². The van der Waals surface area contributed by atoms with Crippen LogP contribution in [0.2, 0.25) is 0 Å². The second-order valence-corrected chi connectivity index (χ2v) is 7.21. The molecule has 1 unspecified atom stereocenters. The molecular formula is C23H32ClNO3. The Morgan fingerprint density at radius 1 is 0.964 bits per heavy atom. The summed E-state index contributed by atoms with van der Waals surface area (Å²) in [4.78, 5) is 2.45. The first-order chi connectivity index (χ1) is 13.2. The summed E-state index contributed by atoms with van der Waals surface area (Å²) in [6.45, 7) is 1.99. The molecule has 1 atom stereocenters. The van der Waals surface area contributed by atoms with Gasteiger partial charge in [-0.3, -0.25) is 0 Å². The molecule has 2 aromatic rings. The van der Waals surface area contributed by atoms with Gasteiger partial charge in [-0.25, -0.2) is 0 Å². The van der Waals surface area contributed by atoms with Crippen LogP contribution in [0.25, 0.3) is 0 Å². The SMILES string of the molecule is COc1ccc(CCc2ccccc2OCCC2CCCN2C)cc1OC.Cl. The summed E-state index contributed by atoms with van der Waals surface area (Å²) in [5.74, 6) is 2.56. The average Bonchev–Trinajstić information content (AvgIpc) is 3.11. The van der Waals surface area contributed by atoms with Crippen LogP contribution in [-0.2, 0) is 12.8 Å². The number of benzene rings is 2. The van der Waals surface area contributed by atoms with E-state index in [2.05, 4.69) is 48.3 Å². The fourth-order valence-corrected chi connectivity index (χ4v) is 3.82. The van der Waals surface area contributed by atoms with Crippen LogP contribution in [0, 0.1) is 0 Å². The lowest BCUT2D eigenvalue weighted by atomic mass is 10.0. The summed E-state index contributed by atoms with van der Waals surface area (Å²) in [5, 5.41) is 0. The Hall–Kier alpha value is -1.91. The van der Waals surface area contributed by atoms with Gasteiger partial charge in [0.2, 0.25) is 0 Å². The van der Waals surface area contributed by atoms with E-state index < -0.39 is 0 Å². The summed E-state index contributed by atoms with van der Waals surface area (Å²) < 4.78 is 16.9. The number of halogens is 1. The van der Waals surface area contributed by atoms with Crippen molar-refractivity contribution in [3.63, 3.8) is 0 Å². The quantitative estimate of drug-likeness (QED) is 0.601. The zero-order chi connectivity index (χ0) is 19.1. The van der Waals surface area contributed by atoms with Gasteiger partial charge in [0.1, 0.15) is 5.75 Å². The molecule has 4 nitrogen and oxygen atoms in total. The van der Waals surface area contributed by atoms with E-state index in [0.29, 0.717) is 6.04 Å². The predicted octanol–water partition coefficient (Wildman–Crippen LogP) is 4.77. The number of rotatable bonds is 9. The fraction of sp³-hybridized carbons (Fsp3) is 0.478. The highest BCUT2D eigenvalue weighted by atomic mass is 35.5. The molecule has 0 aliphatic carbocycles. The number of hydrogen-bond acceptors (Lipinski definition) is 4. The van der Waals surface area contributed by atoms with E-state index in [4.69, 9.17) is 14.2 Å². The van der Waals surface area contributed by atoms with E-state index in [1.165, 1.54) is 30.5 Å². The molecule has 2 aromatic carbocycles. The second-order valence-electron chi connectivity index (χ2n) is 7.21. The van der Waals surface area contributed by atoms with Crippen molar-refractivity contribution in [3.05, 3.63) is 53.6 Å². The maximum Gasteiger partial charge on any atom is 0.160 e. The Balaban J connectivity index is 0.00000280. The Morgan fingerprint density at radius 3 is 2.46 bits per heavy atom. The van der Waals surface area contributed by atoms with Crippen LogP contribution in [0.1, 0.15) is 30.4 Å². The lowest BCUT2D eigenvalue weighted by Crippen LogP contribution is -2.26. The van der Waals surface area contributed by atoms with Gasteiger partial charge in [-0.05, 0) is 75.0 Å². The zero-order valence-corrected chi connectivity index (χ0v) is 18.0. The van der Waals surface area contributed by atoms with Gasteiger partial charge in [0, 0.05) is 6.04 Å². The molecule has 28 heavy (non-hydrogen) atoms. The number of methoxy groups -OCH3 is 2. The molecule has 0 N–H and O–H groups in total. The van der Waals surface area contributed by atoms with Crippen LogP contribution < -0.4 is 14.2 Å². The number of aryl methyl sites for hydroxylation is 2. The minimum atomic E-state index is 0. The van der Waals surface area contributed by atoms with Gasteiger partial charge >= 0.3 is 0 Å². The standard InChI is InChI=1S/C23H31NO3.ClH/c1-24-15-6-8-20(24)14-16-27-21-9-5-4-7-19(21)12-10-18-11-13-22(25-2)23(17-18)26-3;/h4-5,7,9,11,13,17,20H,6,8,10,12,14-16H2,1-3H3;1H. The van der Waals surface area contributed by atoms with E-state index >= 15 is 0 Å². The molecule has 1 fully saturated rings. The van der Waals surface area contributed by atoms with Crippen molar-refractivity contribution >= 4 is 12.4 Å². The molecule has 0 radical (unpaired) electrons. The first-order valence-corrected chi connectivity index (χ1v) is 9.83.